The summed E-state index contributed by atoms with van der Waals surface area (Å²) in [4.78, 5) is 20.4. The van der Waals surface area contributed by atoms with Gasteiger partial charge in [-0.15, -0.1) is 0 Å². The second-order valence-electron chi connectivity index (χ2n) is 4.72. The van der Waals surface area contributed by atoms with E-state index < -0.39 is 0 Å². The van der Waals surface area contributed by atoms with E-state index in [9.17, 15) is 4.79 Å². The first-order chi connectivity index (χ1) is 7.65. The van der Waals surface area contributed by atoms with Gasteiger partial charge >= 0.3 is 0 Å². The highest BCUT2D eigenvalue weighted by Crippen LogP contribution is 2.26. The van der Waals surface area contributed by atoms with E-state index in [1.807, 2.05) is 14.0 Å². The molecule has 4 nitrogen and oxygen atoms in total. The molecule has 0 aromatic carbocycles. The van der Waals surface area contributed by atoms with Gasteiger partial charge in [-0.05, 0) is 25.7 Å². The quantitative estimate of drug-likeness (QED) is 0.845. The number of hydrogen-bond acceptors (Lipinski definition) is 3. The third-order valence-electron chi connectivity index (χ3n) is 3.24. The van der Waals surface area contributed by atoms with Crippen molar-refractivity contribution in [2.24, 2.45) is 5.92 Å². The highest BCUT2D eigenvalue weighted by Gasteiger charge is 2.17. The SMILES string of the molecule is Cc1nc(N(C)CC2CCCC2)cc(=O)[nH]1. The van der Waals surface area contributed by atoms with Crippen molar-refractivity contribution < 1.29 is 0 Å². The Morgan fingerprint density at radius 3 is 2.81 bits per heavy atom. The lowest BCUT2D eigenvalue weighted by atomic mass is 10.1. The van der Waals surface area contributed by atoms with Gasteiger partial charge in [0.15, 0.2) is 0 Å². The van der Waals surface area contributed by atoms with Gasteiger partial charge in [0, 0.05) is 19.7 Å². The molecule has 0 radical (unpaired) electrons. The summed E-state index contributed by atoms with van der Waals surface area (Å²) in [6.07, 6.45) is 5.32. The van der Waals surface area contributed by atoms with Crippen LogP contribution < -0.4 is 10.5 Å². The van der Waals surface area contributed by atoms with Gasteiger partial charge in [-0.1, -0.05) is 12.8 Å². The van der Waals surface area contributed by atoms with Crippen LogP contribution >= 0.6 is 0 Å². The zero-order valence-electron chi connectivity index (χ0n) is 9.99. The average molecular weight is 221 g/mol. The van der Waals surface area contributed by atoms with Gasteiger partial charge in [0.05, 0.1) is 0 Å². The smallest absolute Gasteiger partial charge is 0.252 e. The fourth-order valence-electron chi connectivity index (χ4n) is 2.43. The number of H-pyrrole nitrogens is 1. The van der Waals surface area contributed by atoms with Crippen molar-refractivity contribution >= 4 is 5.82 Å². The molecule has 2 rings (SSSR count). The zero-order chi connectivity index (χ0) is 11.5. The third kappa shape index (κ3) is 2.62. The van der Waals surface area contributed by atoms with E-state index in [1.54, 1.807) is 6.07 Å². The molecule has 0 atom stereocenters. The monoisotopic (exact) mass is 221 g/mol. The van der Waals surface area contributed by atoms with Crippen LogP contribution in [0.25, 0.3) is 0 Å². The predicted molar refractivity (Wildman–Crippen MR) is 64.8 cm³/mol. The highest BCUT2D eigenvalue weighted by atomic mass is 16.1. The first kappa shape index (κ1) is 11.2. The van der Waals surface area contributed by atoms with Crippen LogP contribution in [0.15, 0.2) is 10.9 Å². The Morgan fingerprint density at radius 1 is 1.50 bits per heavy atom. The first-order valence-electron chi connectivity index (χ1n) is 5.94. The van der Waals surface area contributed by atoms with Crippen molar-refractivity contribution in [2.45, 2.75) is 32.6 Å². The number of nitrogens with one attached hydrogen (secondary N) is 1. The number of aromatic nitrogens is 2. The van der Waals surface area contributed by atoms with Gasteiger partial charge in [-0.2, -0.15) is 0 Å². The molecule has 1 aliphatic carbocycles. The molecule has 1 saturated carbocycles. The summed E-state index contributed by atoms with van der Waals surface area (Å²) in [5.41, 5.74) is -0.0687. The maximum atomic E-state index is 11.3. The van der Waals surface area contributed by atoms with Crippen LogP contribution in [0.5, 0.6) is 0 Å². The zero-order valence-corrected chi connectivity index (χ0v) is 9.99. The van der Waals surface area contributed by atoms with Crippen molar-refractivity contribution in [1.82, 2.24) is 9.97 Å². The summed E-state index contributed by atoms with van der Waals surface area (Å²) in [7, 11) is 2.01. The Hall–Kier alpha value is -1.32. The van der Waals surface area contributed by atoms with E-state index in [4.69, 9.17) is 0 Å². The van der Waals surface area contributed by atoms with Gasteiger partial charge in [-0.25, -0.2) is 4.98 Å². The summed E-state index contributed by atoms with van der Waals surface area (Å²) < 4.78 is 0. The predicted octanol–water partition coefficient (Wildman–Crippen LogP) is 1.70. The number of aryl methyl sites for hydroxylation is 1. The molecule has 1 aromatic heterocycles. The largest absolute Gasteiger partial charge is 0.359 e. The normalized spacial score (nSPS) is 16.6. The third-order valence-corrected chi connectivity index (χ3v) is 3.24. The van der Waals surface area contributed by atoms with Crippen LogP contribution in [0.3, 0.4) is 0 Å². The van der Waals surface area contributed by atoms with Crippen LogP contribution in [0.2, 0.25) is 0 Å². The van der Waals surface area contributed by atoms with Crippen LogP contribution in [-0.2, 0) is 0 Å². The Morgan fingerprint density at radius 2 is 2.19 bits per heavy atom. The van der Waals surface area contributed by atoms with Crippen LogP contribution in [0.4, 0.5) is 5.82 Å². The average Bonchev–Trinajstić information content (AvgIpc) is 2.68. The maximum Gasteiger partial charge on any atom is 0.252 e. The summed E-state index contributed by atoms with van der Waals surface area (Å²) in [5.74, 6) is 2.24. The molecule has 0 aliphatic heterocycles. The molecular weight excluding hydrogens is 202 g/mol. The van der Waals surface area contributed by atoms with Crippen molar-refractivity contribution in [3.8, 4) is 0 Å². The van der Waals surface area contributed by atoms with Gasteiger partial charge in [-0.3, -0.25) is 4.79 Å². The second kappa shape index (κ2) is 4.68. The lowest BCUT2D eigenvalue weighted by molar-refractivity contribution is 0.544. The molecule has 0 bridgehead atoms. The van der Waals surface area contributed by atoms with E-state index in [-0.39, 0.29) is 5.56 Å². The molecule has 1 heterocycles. The number of aromatic amines is 1. The molecular formula is C12H19N3O. The maximum absolute atomic E-state index is 11.3. The van der Waals surface area contributed by atoms with Crippen molar-refractivity contribution in [1.29, 1.82) is 0 Å². The number of rotatable bonds is 3. The summed E-state index contributed by atoms with van der Waals surface area (Å²) in [6, 6.07) is 1.57. The van der Waals surface area contributed by atoms with Gasteiger partial charge in [0.1, 0.15) is 11.6 Å². The summed E-state index contributed by atoms with van der Waals surface area (Å²) in [5, 5.41) is 0. The van der Waals surface area contributed by atoms with Crippen LogP contribution in [0, 0.1) is 12.8 Å². The first-order valence-corrected chi connectivity index (χ1v) is 5.94. The van der Waals surface area contributed by atoms with E-state index in [0.29, 0.717) is 5.82 Å². The Balaban J connectivity index is 2.07. The fraction of sp³-hybridized carbons (Fsp3) is 0.667. The van der Waals surface area contributed by atoms with E-state index in [0.717, 1.165) is 18.3 Å². The van der Waals surface area contributed by atoms with E-state index >= 15 is 0 Å². The minimum absolute atomic E-state index is 0.0687. The molecule has 1 aliphatic rings. The van der Waals surface area contributed by atoms with Crippen molar-refractivity contribution in [3.63, 3.8) is 0 Å². The van der Waals surface area contributed by atoms with Gasteiger partial charge in [0.2, 0.25) is 0 Å². The minimum Gasteiger partial charge on any atom is -0.359 e. The standard InChI is InChI=1S/C12H19N3O/c1-9-13-11(7-12(16)14-9)15(2)8-10-5-3-4-6-10/h7,10H,3-6,8H2,1-2H3,(H,13,14,16). The fourth-order valence-corrected chi connectivity index (χ4v) is 2.43. The second-order valence-corrected chi connectivity index (χ2v) is 4.72. The molecule has 0 saturated heterocycles. The molecule has 0 amide bonds. The van der Waals surface area contributed by atoms with Crippen molar-refractivity contribution in [3.05, 3.63) is 22.2 Å². The minimum atomic E-state index is -0.0687. The number of hydrogen-bond donors (Lipinski definition) is 1. The van der Waals surface area contributed by atoms with Gasteiger partial charge in [0.25, 0.3) is 5.56 Å². The lowest BCUT2D eigenvalue weighted by Gasteiger charge is -2.21. The highest BCUT2D eigenvalue weighted by molar-refractivity contribution is 5.36. The molecule has 4 heteroatoms. The Labute approximate surface area is 95.7 Å². The van der Waals surface area contributed by atoms with E-state index in [1.165, 1.54) is 25.7 Å². The van der Waals surface area contributed by atoms with Crippen LogP contribution in [0.1, 0.15) is 31.5 Å². The molecule has 1 aromatic rings. The van der Waals surface area contributed by atoms with E-state index in [2.05, 4.69) is 14.9 Å². The number of nitrogens with zero attached hydrogens (tertiary/aromatic N) is 2. The Bertz CT molecular complexity index is 407. The van der Waals surface area contributed by atoms with Gasteiger partial charge < -0.3 is 9.88 Å². The summed E-state index contributed by atoms with van der Waals surface area (Å²) >= 11 is 0. The number of anilines is 1. The van der Waals surface area contributed by atoms with Crippen molar-refractivity contribution in [2.75, 3.05) is 18.5 Å². The molecule has 1 fully saturated rings. The van der Waals surface area contributed by atoms with Crippen LogP contribution in [-0.4, -0.2) is 23.6 Å². The lowest BCUT2D eigenvalue weighted by Crippen LogP contribution is -2.26. The molecule has 1 N–H and O–H groups in total. The molecule has 88 valence electrons. The molecule has 16 heavy (non-hydrogen) atoms. The summed E-state index contributed by atoms with van der Waals surface area (Å²) in [6.45, 7) is 2.82. The topological polar surface area (TPSA) is 49.0 Å². The molecule has 0 unspecified atom stereocenters. The Kier molecular flexibility index (Phi) is 3.27. The molecule has 0 spiro atoms.